The molecule has 1 N–H and O–H groups in total. The molecule has 0 spiro atoms. The maximum atomic E-state index is 5.82. The van der Waals surface area contributed by atoms with Gasteiger partial charge in [0.05, 0.1) is 5.52 Å². The third-order valence-corrected chi connectivity index (χ3v) is 4.30. The van der Waals surface area contributed by atoms with Gasteiger partial charge in [0, 0.05) is 17.6 Å². The van der Waals surface area contributed by atoms with Crippen LogP contribution in [0.3, 0.4) is 0 Å². The van der Waals surface area contributed by atoms with Crippen LogP contribution in [-0.4, -0.2) is 36.1 Å². The molecule has 1 heterocycles. The molecule has 25 heavy (non-hydrogen) atoms. The summed E-state index contributed by atoms with van der Waals surface area (Å²) in [6.07, 6.45) is 0. The van der Waals surface area contributed by atoms with Gasteiger partial charge in [-0.2, -0.15) is 0 Å². The molecule has 0 saturated carbocycles. The van der Waals surface area contributed by atoms with Crippen LogP contribution in [0, 0.1) is 0 Å². The SMILES string of the molecule is CCN(CC)CCOc1ccc(Nc2ccc3ccccc3n2)cc1. The second-order valence-electron chi connectivity index (χ2n) is 5.91. The van der Waals surface area contributed by atoms with E-state index in [0.717, 1.165) is 47.8 Å². The molecule has 0 aliphatic carbocycles. The normalized spacial score (nSPS) is 11.0. The lowest BCUT2D eigenvalue weighted by Gasteiger charge is -2.18. The number of likely N-dealkylation sites (N-methyl/N-ethyl adjacent to an activating group) is 1. The highest BCUT2D eigenvalue weighted by atomic mass is 16.5. The summed E-state index contributed by atoms with van der Waals surface area (Å²) in [7, 11) is 0. The minimum Gasteiger partial charge on any atom is -0.492 e. The van der Waals surface area contributed by atoms with Gasteiger partial charge in [-0.25, -0.2) is 4.98 Å². The first-order valence-corrected chi connectivity index (χ1v) is 8.86. The van der Waals surface area contributed by atoms with E-state index in [9.17, 15) is 0 Å². The number of aromatic nitrogens is 1. The highest BCUT2D eigenvalue weighted by Crippen LogP contribution is 2.21. The Labute approximate surface area is 149 Å². The predicted octanol–water partition coefficient (Wildman–Crippen LogP) is 4.70. The van der Waals surface area contributed by atoms with E-state index < -0.39 is 0 Å². The van der Waals surface area contributed by atoms with E-state index in [0.29, 0.717) is 6.61 Å². The molecule has 0 unspecified atom stereocenters. The molecule has 2 aromatic carbocycles. The zero-order chi connectivity index (χ0) is 17.5. The Balaban J connectivity index is 1.58. The van der Waals surface area contributed by atoms with Gasteiger partial charge < -0.3 is 15.0 Å². The summed E-state index contributed by atoms with van der Waals surface area (Å²) in [5, 5.41) is 4.48. The average Bonchev–Trinajstić information content (AvgIpc) is 2.66. The summed E-state index contributed by atoms with van der Waals surface area (Å²) in [5.74, 6) is 1.73. The fourth-order valence-corrected chi connectivity index (χ4v) is 2.75. The van der Waals surface area contributed by atoms with Gasteiger partial charge in [0.15, 0.2) is 0 Å². The number of nitrogens with zero attached hydrogens (tertiary/aromatic N) is 2. The fourth-order valence-electron chi connectivity index (χ4n) is 2.75. The first-order valence-electron chi connectivity index (χ1n) is 8.86. The Hall–Kier alpha value is -2.59. The highest BCUT2D eigenvalue weighted by molar-refractivity contribution is 5.80. The molecule has 0 amide bonds. The van der Waals surface area contributed by atoms with E-state index >= 15 is 0 Å². The van der Waals surface area contributed by atoms with E-state index in [-0.39, 0.29) is 0 Å². The van der Waals surface area contributed by atoms with Crippen molar-refractivity contribution in [2.45, 2.75) is 13.8 Å². The number of benzene rings is 2. The van der Waals surface area contributed by atoms with E-state index in [1.54, 1.807) is 0 Å². The first kappa shape index (κ1) is 17.2. The van der Waals surface area contributed by atoms with Gasteiger partial charge in [0.2, 0.25) is 0 Å². The standard InChI is InChI=1S/C21H25N3O/c1-3-24(4-2)15-16-25-19-12-10-18(11-13-19)22-21-14-9-17-7-5-6-8-20(17)23-21/h5-14H,3-4,15-16H2,1-2H3,(H,22,23). The van der Waals surface area contributed by atoms with Gasteiger partial charge in [-0.05, 0) is 55.6 Å². The summed E-state index contributed by atoms with van der Waals surface area (Å²) >= 11 is 0. The molecule has 130 valence electrons. The second kappa shape index (κ2) is 8.49. The van der Waals surface area contributed by atoms with Crippen molar-refractivity contribution in [3.05, 3.63) is 60.7 Å². The molecule has 1 aromatic heterocycles. The van der Waals surface area contributed by atoms with Crippen LogP contribution in [-0.2, 0) is 0 Å². The van der Waals surface area contributed by atoms with E-state index in [4.69, 9.17) is 4.74 Å². The summed E-state index contributed by atoms with van der Waals surface area (Å²) in [6.45, 7) is 8.12. The van der Waals surface area contributed by atoms with Crippen molar-refractivity contribution in [1.29, 1.82) is 0 Å². The molecule has 0 aliphatic heterocycles. The number of anilines is 2. The van der Waals surface area contributed by atoms with Crippen LogP contribution in [0.15, 0.2) is 60.7 Å². The zero-order valence-corrected chi connectivity index (χ0v) is 14.9. The molecule has 3 rings (SSSR count). The molecule has 0 saturated heterocycles. The van der Waals surface area contributed by atoms with Gasteiger partial charge in [-0.15, -0.1) is 0 Å². The van der Waals surface area contributed by atoms with Crippen molar-refractivity contribution >= 4 is 22.4 Å². The largest absolute Gasteiger partial charge is 0.492 e. The Kier molecular flexibility index (Phi) is 5.86. The molecule has 0 aliphatic rings. The predicted molar refractivity (Wildman–Crippen MR) is 105 cm³/mol. The molecular weight excluding hydrogens is 310 g/mol. The number of rotatable bonds is 8. The average molecular weight is 335 g/mol. The molecule has 0 radical (unpaired) electrons. The number of hydrogen-bond acceptors (Lipinski definition) is 4. The van der Waals surface area contributed by atoms with Crippen LogP contribution in [0.25, 0.3) is 10.9 Å². The number of para-hydroxylation sites is 1. The number of fused-ring (bicyclic) bond motifs is 1. The smallest absolute Gasteiger partial charge is 0.131 e. The van der Waals surface area contributed by atoms with Gasteiger partial charge in [0.25, 0.3) is 0 Å². The minimum atomic E-state index is 0.709. The Bertz CT molecular complexity index is 798. The molecule has 0 fully saturated rings. The third kappa shape index (κ3) is 4.70. The summed E-state index contributed by atoms with van der Waals surface area (Å²) in [5.41, 5.74) is 1.99. The maximum Gasteiger partial charge on any atom is 0.131 e. The van der Waals surface area contributed by atoms with E-state index in [1.165, 1.54) is 0 Å². The van der Waals surface area contributed by atoms with Gasteiger partial charge in [-0.1, -0.05) is 32.0 Å². The van der Waals surface area contributed by atoms with Crippen molar-refractivity contribution in [3.8, 4) is 5.75 Å². The summed E-state index contributed by atoms with van der Waals surface area (Å²) < 4.78 is 5.82. The van der Waals surface area contributed by atoms with Crippen LogP contribution < -0.4 is 10.1 Å². The van der Waals surface area contributed by atoms with Crippen LogP contribution >= 0.6 is 0 Å². The molecular formula is C21H25N3O. The lowest BCUT2D eigenvalue weighted by Crippen LogP contribution is -2.27. The van der Waals surface area contributed by atoms with Gasteiger partial charge in [0.1, 0.15) is 18.2 Å². The lowest BCUT2D eigenvalue weighted by atomic mass is 10.2. The second-order valence-corrected chi connectivity index (χ2v) is 5.91. The fraction of sp³-hybridized carbons (Fsp3) is 0.286. The summed E-state index contributed by atoms with van der Waals surface area (Å²) in [6, 6.07) is 20.2. The third-order valence-electron chi connectivity index (χ3n) is 4.30. The molecule has 0 bridgehead atoms. The molecule has 0 atom stereocenters. The quantitative estimate of drug-likeness (QED) is 0.647. The van der Waals surface area contributed by atoms with Crippen LogP contribution in [0.5, 0.6) is 5.75 Å². The van der Waals surface area contributed by atoms with Crippen LogP contribution in [0.4, 0.5) is 11.5 Å². The zero-order valence-electron chi connectivity index (χ0n) is 14.9. The van der Waals surface area contributed by atoms with Crippen LogP contribution in [0.2, 0.25) is 0 Å². The Morgan fingerprint density at radius 2 is 1.68 bits per heavy atom. The topological polar surface area (TPSA) is 37.4 Å². The van der Waals surface area contributed by atoms with Gasteiger partial charge in [-0.3, -0.25) is 0 Å². The summed E-state index contributed by atoms with van der Waals surface area (Å²) in [4.78, 5) is 6.98. The Morgan fingerprint density at radius 1 is 0.920 bits per heavy atom. The maximum absolute atomic E-state index is 5.82. The number of pyridine rings is 1. The highest BCUT2D eigenvalue weighted by Gasteiger charge is 2.01. The first-order chi connectivity index (χ1) is 12.3. The van der Waals surface area contributed by atoms with Crippen molar-refractivity contribution < 1.29 is 4.74 Å². The molecule has 3 aromatic rings. The number of hydrogen-bond donors (Lipinski definition) is 1. The number of nitrogens with one attached hydrogen (secondary N) is 1. The van der Waals surface area contributed by atoms with Gasteiger partial charge >= 0.3 is 0 Å². The number of ether oxygens (including phenoxy) is 1. The van der Waals surface area contributed by atoms with Crippen molar-refractivity contribution in [2.75, 3.05) is 31.6 Å². The monoisotopic (exact) mass is 335 g/mol. The van der Waals surface area contributed by atoms with Crippen molar-refractivity contribution in [1.82, 2.24) is 9.88 Å². The van der Waals surface area contributed by atoms with Crippen molar-refractivity contribution in [2.24, 2.45) is 0 Å². The van der Waals surface area contributed by atoms with Crippen molar-refractivity contribution in [3.63, 3.8) is 0 Å². The molecule has 4 nitrogen and oxygen atoms in total. The van der Waals surface area contributed by atoms with Crippen LogP contribution in [0.1, 0.15) is 13.8 Å². The molecule has 4 heteroatoms. The van der Waals surface area contributed by atoms with E-state index in [1.807, 2.05) is 48.5 Å². The van der Waals surface area contributed by atoms with E-state index in [2.05, 4.69) is 41.2 Å². The minimum absolute atomic E-state index is 0.709. The lowest BCUT2D eigenvalue weighted by molar-refractivity contribution is 0.223. The Morgan fingerprint density at radius 3 is 2.44 bits per heavy atom.